The van der Waals surface area contributed by atoms with Crippen LogP contribution in [-0.4, -0.2) is 27.5 Å². The minimum Gasteiger partial charge on any atom is -0.454 e. The molecule has 3 heterocycles. The molecule has 1 N–H and O–H groups in total. The molecule has 0 bridgehead atoms. The first kappa shape index (κ1) is 14.0. The van der Waals surface area contributed by atoms with Crippen LogP contribution in [0.5, 0.6) is 11.5 Å². The second-order valence-corrected chi connectivity index (χ2v) is 5.78. The van der Waals surface area contributed by atoms with Gasteiger partial charge in [0.15, 0.2) is 17.3 Å². The third-order valence-corrected chi connectivity index (χ3v) is 4.18. The standard InChI is InChI=1S/C16H18N4O3/c21-16(8-11-4-5-12-13(7-11)23-10-22-12)17-9-15-19-18-14-3-1-2-6-20(14)15/h4-5,7H,1-3,6,8-10H2,(H,17,21). The van der Waals surface area contributed by atoms with Gasteiger partial charge in [-0.15, -0.1) is 10.2 Å². The zero-order valence-electron chi connectivity index (χ0n) is 12.7. The van der Waals surface area contributed by atoms with Gasteiger partial charge in [0.2, 0.25) is 12.7 Å². The van der Waals surface area contributed by atoms with E-state index in [1.165, 1.54) is 0 Å². The highest BCUT2D eigenvalue weighted by Gasteiger charge is 2.17. The maximum atomic E-state index is 12.1. The van der Waals surface area contributed by atoms with Gasteiger partial charge >= 0.3 is 0 Å². The maximum Gasteiger partial charge on any atom is 0.231 e. The Morgan fingerprint density at radius 3 is 3.09 bits per heavy atom. The Bertz CT molecular complexity index is 741. The van der Waals surface area contributed by atoms with E-state index in [1.54, 1.807) is 0 Å². The van der Waals surface area contributed by atoms with E-state index in [4.69, 9.17) is 9.47 Å². The lowest BCUT2D eigenvalue weighted by Crippen LogP contribution is -2.27. The highest BCUT2D eigenvalue weighted by Crippen LogP contribution is 2.32. The van der Waals surface area contributed by atoms with Crippen molar-refractivity contribution in [3.05, 3.63) is 35.4 Å². The Labute approximate surface area is 133 Å². The largest absolute Gasteiger partial charge is 0.454 e. The van der Waals surface area contributed by atoms with Gasteiger partial charge in [0.25, 0.3) is 0 Å². The lowest BCUT2D eigenvalue weighted by Gasteiger charge is -2.14. The molecule has 0 unspecified atom stereocenters. The summed E-state index contributed by atoms with van der Waals surface area (Å²) in [6, 6.07) is 5.56. The molecule has 1 aromatic carbocycles. The van der Waals surface area contributed by atoms with E-state index in [-0.39, 0.29) is 12.7 Å². The van der Waals surface area contributed by atoms with Crippen LogP contribution in [-0.2, 0) is 30.7 Å². The van der Waals surface area contributed by atoms with Crippen molar-refractivity contribution in [3.8, 4) is 11.5 Å². The van der Waals surface area contributed by atoms with Gasteiger partial charge in [-0.3, -0.25) is 4.79 Å². The number of ether oxygens (including phenoxy) is 2. The van der Waals surface area contributed by atoms with Crippen LogP contribution in [0.3, 0.4) is 0 Å². The summed E-state index contributed by atoms with van der Waals surface area (Å²) in [5.41, 5.74) is 0.898. The third kappa shape index (κ3) is 2.86. The topological polar surface area (TPSA) is 78.3 Å². The van der Waals surface area contributed by atoms with Gasteiger partial charge in [-0.05, 0) is 30.5 Å². The Balaban J connectivity index is 1.36. The molecule has 0 atom stereocenters. The Kier molecular flexibility index (Phi) is 3.61. The summed E-state index contributed by atoms with van der Waals surface area (Å²) in [5, 5.41) is 11.3. The molecule has 0 spiro atoms. The molecule has 4 rings (SSSR count). The van der Waals surface area contributed by atoms with Gasteiger partial charge in [-0.2, -0.15) is 0 Å². The average molecular weight is 314 g/mol. The predicted octanol–water partition coefficient (Wildman–Crippen LogP) is 1.20. The highest BCUT2D eigenvalue weighted by molar-refractivity contribution is 5.78. The van der Waals surface area contributed by atoms with Gasteiger partial charge in [-0.1, -0.05) is 6.07 Å². The second kappa shape index (κ2) is 5.91. The van der Waals surface area contributed by atoms with Crippen LogP contribution >= 0.6 is 0 Å². The SMILES string of the molecule is O=C(Cc1ccc2c(c1)OCO2)NCc1nnc2n1CCCC2. The van der Waals surface area contributed by atoms with Crippen LogP contribution in [0, 0.1) is 0 Å². The molecule has 2 aliphatic rings. The number of carbonyl (C=O) groups is 1. The highest BCUT2D eigenvalue weighted by atomic mass is 16.7. The summed E-state index contributed by atoms with van der Waals surface area (Å²) in [6.07, 6.45) is 3.58. The number of hydrogen-bond donors (Lipinski definition) is 1. The predicted molar refractivity (Wildman–Crippen MR) is 81.1 cm³/mol. The van der Waals surface area contributed by atoms with Crippen molar-refractivity contribution >= 4 is 5.91 Å². The van der Waals surface area contributed by atoms with E-state index in [0.717, 1.165) is 48.8 Å². The Morgan fingerprint density at radius 1 is 1.22 bits per heavy atom. The van der Waals surface area contributed by atoms with Crippen molar-refractivity contribution in [2.75, 3.05) is 6.79 Å². The van der Waals surface area contributed by atoms with Gasteiger partial charge < -0.3 is 19.4 Å². The zero-order valence-corrected chi connectivity index (χ0v) is 12.7. The summed E-state index contributed by atoms with van der Waals surface area (Å²) in [5.74, 6) is 3.23. The monoisotopic (exact) mass is 314 g/mol. The van der Waals surface area contributed by atoms with Crippen molar-refractivity contribution in [2.45, 2.75) is 38.8 Å². The van der Waals surface area contributed by atoms with Crippen LogP contribution in [0.1, 0.15) is 30.1 Å². The normalized spacial score (nSPS) is 15.3. The first-order chi connectivity index (χ1) is 11.3. The molecule has 7 heteroatoms. The molecule has 1 amide bonds. The second-order valence-electron chi connectivity index (χ2n) is 5.78. The van der Waals surface area contributed by atoms with E-state index in [0.29, 0.717) is 18.7 Å². The van der Waals surface area contributed by atoms with E-state index < -0.39 is 0 Å². The number of fused-ring (bicyclic) bond motifs is 2. The van der Waals surface area contributed by atoms with Crippen molar-refractivity contribution in [1.29, 1.82) is 0 Å². The van der Waals surface area contributed by atoms with E-state index in [9.17, 15) is 4.79 Å². The van der Waals surface area contributed by atoms with Crippen molar-refractivity contribution in [3.63, 3.8) is 0 Å². The molecule has 23 heavy (non-hydrogen) atoms. The summed E-state index contributed by atoms with van der Waals surface area (Å²) in [4.78, 5) is 12.1. The molecule has 0 fully saturated rings. The fraction of sp³-hybridized carbons (Fsp3) is 0.438. The summed E-state index contributed by atoms with van der Waals surface area (Å²) < 4.78 is 12.7. The number of nitrogens with one attached hydrogen (secondary N) is 1. The smallest absolute Gasteiger partial charge is 0.231 e. The number of rotatable bonds is 4. The van der Waals surface area contributed by atoms with Gasteiger partial charge in [0.1, 0.15) is 5.82 Å². The van der Waals surface area contributed by atoms with Crippen LogP contribution < -0.4 is 14.8 Å². The first-order valence-corrected chi connectivity index (χ1v) is 7.86. The molecular formula is C16H18N4O3. The van der Waals surface area contributed by atoms with Gasteiger partial charge in [0.05, 0.1) is 13.0 Å². The molecule has 1 aromatic heterocycles. The molecule has 2 aliphatic heterocycles. The average Bonchev–Trinajstić information content (AvgIpc) is 3.19. The zero-order chi connectivity index (χ0) is 15.6. The van der Waals surface area contributed by atoms with Crippen LogP contribution in [0.25, 0.3) is 0 Å². The molecule has 120 valence electrons. The number of nitrogens with zero attached hydrogens (tertiary/aromatic N) is 3. The molecule has 7 nitrogen and oxygen atoms in total. The molecule has 2 aromatic rings. The minimum absolute atomic E-state index is 0.0444. The van der Waals surface area contributed by atoms with Gasteiger partial charge in [-0.25, -0.2) is 0 Å². The Hall–Kier alpha value is -2.57. The molecule has 0 saturated carbocycles. The van der Waals surface area contributed by atoms with Crippen molar-refractivity contribution < 1.29 is 14.3 Å². The molecular weight excluding hydrogens is 296 g/mol. The summed E-state index contributed by atoms with van der Waals surface area (Å²) >= 11 is 0. The van der Waals surface area contributed by atoms with Crippen LogP contribution in [0.2, 0.25) is 0 Å². The van der Waals surface area contributed by atoms with E-state index in [1.807, 2.05) is 18.2 Å². The van der Waals surface area contributed by atoms with Crippen LogP contribution in [0.15, 0.2) is 18.2 Å². The number of hydrogen-bond acceptors (Lipinski definition) is 5. The third-order valence-electron chi connectivity index (χ3n) is 4.18. The summed E-state index contributed by atoms with van der Waals surface area (Å²) in [6.45, 7) is 1.59. The Morgan fingerprint density at radius 2 is 2.13 bits per heavy atom. The molecule has 0 saturated heterocycles. The lowest BCUT2D eigenvalue weighted by molar-refractivity contribution is -0.120. The van der Waals surface area contributed by atoms with Crippen molar-refractivity contribution in [2.24, 2.45) is 0 Å². The minimum atomic E-state index is -0.0444. The maximum absolute atomic E-state index is 12.1. The summed E-state index contributed by atoms with van der Waals surface area (Å²) in [7, 11) is 0. The number of aromatic nitrogens is 3. The fourth-order valence-electron chi connectivity index (χ4n) is 2.98. The van der Waals surface area contributed by atoms with Gasteiger partial charge in [0, 0.05) is 13.0 Å². The van der Waals surface area contributed by atoms with E-state index >= 15 is 0 Å². The number of carbonyl (C=O) groups excluding carboxylic acids is 1. The fourth-order valence-corrected chi connectivity index (χ4v) is 2.98. The number of amides is 1. The number of benzene rings is 1. The first-order valence-electron chi connectivity index (χ1n) is 7.86. The quantitative estimate of drug-likeness (QED) is 0.917. The lowest BCUT2D eigenvalue weighted by atomic mass is 10.1. The molecule has 0 radical (unpaired) electrons. The van der Waals surface area contributed by atoms with Crippen molar-refractivity contribution in [1.82, 2.24) is 20.1 Å². The van der Waals surface area contributed by atoms with E-state index in [2.05, 4.69) is 20.1 Å². The molecule has 0 aliphatic carbocycles. The number of aryl methyl sites for hydroxylation is 1. The van der Waals surface area contributed by atoms with Crippen LogP contribution in [0.4, 0.5) is 0 Å².